The number of amides is 1. The Hall–Kier alpha value is -2.83. The van der Waals surface area contributed by atoms with Crippen LogP contribution in [0.15, 0.2) is 30.6 Å². The zero-order chi connectivity index (χ0) is 17.9. The normalized spacial score (nSPS) is 19.1. The Labute approximate surface area is 152 Å². The molecule has 7 heteroatoms. The molecule has 1 aromatic heterocycles. The van der Waals surface area contributed by atoms with Crippen LogP contribution in [-0.2, 0) is 0 Å². The van der Waals surface area contributed by atoms with Gasteiger partial charge in [0.25, 0.3) is 5.91 Å². The highest BCUT2D eigenvalue weighted by molar-refractivity contribution is 6.02. The first kappa shape index (κ1) is 16.6. The number of ether oxygens (including phenoxy) is 2. The Morgan fingerprint density at radius 3 is 2.81 bits per heavy atom. The van der Waals surface area contributed by atoms with E-state index in [-0.39, 0.29) is 11.6 Å². The van der Waals surface area contributed by atoms with E-state index in [9.17, 15) is 4.79 Å². The van der Waals surface area contributed by atoms with E-state index in [1.165, 1.54) is 12.6 Å². The molecule has 1 amide bonds. The number of hydrogen-bond donors (Lipinski definition) is 1. The van der Waals surface area contributed by atoms with Crippen LogP contribution < -0.4 is 19.7 Å². The number of carbonyl (C=O) groups is 1. The molecule has 0 bridgehead atoms. The molecule has 2 aliphatic heterocycles. The molecule has 1 fully saturated rings. The molecule has 1 aromatic carbocycles. The van der Waals surface area contributed by atoms with Gasteiger partial charge >= 0.3 is 0 Å². The zero-order valence-electron chi connectivity index (χ0n) is 14.8. The minimum atomic E-state index is -0.298. The lowest BCUT2D eigenvalue weighted by atomic mass is 10.0. The number of aromatic nitrogens is 2. The van der Waals surface area contributed by atoms with Gasteiger partial charge in [0.15, 0.2) is 11.5 Å². The van der Waals surface area contributed by atoms with Gasteiger partial charge in [-0.15, -0.1) is 0 Å². The summed E-state index contributed by atoms with van der Waals surface area (Å²) in [6.45, 7) is 5.26. The summed E-state index contributed by atoms with van der Waals surface area (Å²) < 4.78 is 11.0. The quantitative estimate of drug-likeness (QED) is 0.913. The maximum absolute atomic E-state index is 12.4. The largest absolute Gasteiger partial charge is 0.486 e. The fraction of sp³-hybridized carbons (Fsp3) is 0.421. The van der Waals surface area contributed by atoms with Crippen LogP contribution in [0.3, 0.4) is 0 Å². The maximum Gasteiger partial charge on any atom is 0.275 e. The number of piperidine rings is 1. The van der Waals surface area contributed by atoms with Crippen LogP contribution in [0.25, 0.3) is 0 Å². The number of rotatable bonds is 3. The number of anilines is 2. The number of hydrogen-bond acceptors (Lipinski definition) is 6. The number of carbonyl (C=O) groups excluding carboxylic acids is 1. The van der Waals surface area contributed by atoms with Gasteiger partial charge in [0.1, 0.15) is 24.7 Å². The molecule has 2 aliphatic rings. The second kappa shape index (κ2) is 7.19. The van der Waals surface area contributed by atoms with Gasteiger partial charge in [0.2, 0.25) is 0 Å². The van der Waals surface area contributed by atoms with Crippen molar-refractivity contribution in [2.45, 2.75) is 19.8 Å². The summed E-state index contributed by atoms with van der Waals surface area (Å²) in [5, 5.41) is 2.82. The molecule has 3 heterocycles. The Morgan fingerprint density at radius 2 is 2.04 bits per heavy atom. The van der Waals surface area contributed by atoms with Gasteiger partial charge in [0, 0.05) is 24.8 Å². The van der Waals surface area contributed by atoms with E-state index < -0.39 is 0 Å². The third kappa shape index (κ3) is 3.56. The van der Waals surface area contributed by atoms with Crippen molar-refractivity contribution in [1.29, 1.82) is 0 Å². The minimum absolute atomic E-state index is 0.286. The molecule has 7 nitrogen and oxygen atoms in total. The molecule has 136 valence electrons. The fourth-order valence-electron chi connectivity index (χ4n) is 3.32. The van der Waals surface area contributed by atoms with Crippen LogP contribution in [-0.4, -0.2) is 42.2 Å². The molecule has 1 atom stereocenters. The average molecular weight is 354 g/mol. The zero-order valence-corrected chi connectivity index (χ0v) is 14.8. The Kier molecular flexibility index (Phi) is 4.60. The van der Waals surface area contributed by atoms with Crippen LogP contribution in [0.2, 0.25) is 0 Å². The van der Waals surface area contributed by atoms with Crippen molar-refractivity contribution in [3.8, 4) is 11.5 Å². The number of benzene rings is 1. The lowest BCUT2D eigenvalue weighted by Gasteiger charge is -2.31. The third-order valence-electron chi connectivity index (χ3n) is 4.65. The first-order valence-electron chi connectivity index (χ1n) is 8.97. The van der Waals surface area contributed by atoms with E-state index >= 15 is 0 Å². The summed E-state index contributed by atoms with van der Waals surface area (Å²) >= 11 is 0. The maximum atomic E-state index is 12.4. The van der Waals surface area contributed by atoms with E-state index in [0.717, 1.165) is 25.3 Å². The highest BCUT2D eigenvalue weighted by Gasteiger charge is 2.19. The van der Waals surface area contributed by atoms with Crippen molar-refractivity contribution >= 4 is 17.4 Å². The van der Waals surface area contributed by atoms with Crippen LogP contribution in [0.1, 0.15) is 30.3 Å². The number of nitrogens with one attached hydrogen (secondary N) is 1. The van der Waals surface area contributed by atoms with Crippen molar-refractivity contribution in [3.05, 3.63) is 36.3 Å². The van der Waals surface area contributed by atoms with E-state index in [4.69, 9.17) is 9.47 Å². The summed E-state index contributed by atoms with van der Waals surface area (Å²) in [6, 6.07) is 5.32. The molecule has 2 aromatic rings. The topological polar surface area (TPSA) is 76.6 Å². The van der Waals surface area contributed by atoms with Gasteiger partial charge in [-0.1, -0.05) is 6.92 Å². The molecule has 0 saturated carbocycles. The molecule has 1 unspecified atom stereocenters. The summed E-state index contributed by atoms with van der Waals surface area (Å²) in [6.07, 6.45) is 5.62. The van der Waals surface area contributed by atoms with Crippen molar-refractivity contribution in [2.75, 3.05) is 36.5 Å². The lowest BCUT2D eigenvalue weighted by molar-refractivity contribution is 0.102. The van der Waals surface area contributed by atoms with E-state index in [1.807, 2.05) is 0 Å². The van der Waals surface area contributed by atoms with Crippen molar-refractivity contribution in [3.63, 3.8) is 0 Å². The number of nitrogens with zero attached hydrogens (tertiary/aromatic N) is 3. The Morgan fingerprint density at radius 1 is 1.19 bits per heavy atom. The van der Waals surface area contributed by atoms with Crippen LogP contribution in [0.5, 0.6) is 11.5 Å². The molecule has 26 heavy (non-hydrogen) atoms. The second-order valence-electron chi connectivity index (χ2n) is 6.77. The average Bonchev–Trinajstić information content (AvgIpc) is 2.68. The molecular formula is C19H22N4O3. The monoisotopic (exact) mass is 354 g/mol. The molecular weight excluding hydrogens is 332 g/mol. The van der Waals surface area contributed by atoms with Gasteiger partial charge < -0.3 is 19.7 Å². The number of fused-ring (bicyclic) bond motifs is 1. The highest BCUT2D eigenvalue weighted by atomic mass is 16.6. The van der Waals surface area contributed by atoms with E-state index in [1.54, 1.807) is 24.4 Å². The van der Waals surface area contributed by atoms with Crippen LogP contribution in [0.4, 0.5) is 11.5 Å². The SMILES string of the molecule is CC1CCCN(c2cnc(C(=O)Nc3ccc4c(c3)OCCO4)cn2)C1. The smallest absolute Gasteiger partial charge is 0.275 e. The second-order valence-corrected chi connectivity index (χ2v) is 6.77. The molecule has 1 saturated heterocycles. The van der Waals surface area contributed by atoms with Gasteiger partial charge in [0.05, 0.1) is 12.4 Å². The summed E-state index contributed by atoms with van der Waals surface area (Å²) in [5.74, 6) is 2.51. The predicted molar refractivity (Wildman–Crippen MR) is 98.0 cm³/mol. The molecule has 1 N–H and O–H groups in total. The summed E-state index contributed by atoms with van der Waals surface area (Å²) in [4.78, 5) is 23.4. The third-order valence-corrected chi connectivity index (χ3v) is 4.65. The fourth-order valence-corrected chi connectivity index (χ4v) is 3.32. The van der Waals surface area contributed by atoms with Crippen molar-refractivity contribution in [2.24, 2.45) is 5.92 Å². The molecule has 0 aliphatic carbocycles. The van der Waals surface area contributed by atoms with Crippen LogP contribution in [0, 0.1) is 5.92 Å². The van der Waals surface area contributed by atoms with Crippen LogP contribution >= 0.6 is 0 Å². The van der Waals surface area contributed by atoms with Crippen molar-refractivity contribution in [1.82, 2.24) is 9.97 Å². The Bertz CT molecular complexity index is 794. The summed E-state index contributed by atoms with van der Waals surface area (Å²) in [5.41, 5.74) is 0.920. The highest BCUT2D eigenvalue weighted by Crippen LogP contribution is 2.32. The minimum Gasteiger partial charge on any atom is -0.486 e. The van der Waals surface area contributed by atoms with Gasteiger partial charge in [-0.3, -0.25) is 4.79 Å². The van der Waals surface area contributed by atoms with Gasteiger partial charge in [-0.05, 0) is 30.9 Å². The standard InChI is InChI=1S/C19H22N4O3/c1-13-3-2-6-23(12-13)18-11-20-15(10-21-18)19(24)22-14-4-5-16-17(9-14)26-8-7-25-16/h4-5,9-11,13H,2-3,6-8,12H2,1H3,(H,22,24). The van der Waals surface area contributed by atoms with E-state index in [0.29, 0.717) is 36.3 Å². The first-order valence-corrected chi connectivity index (χ1v) is 8.97. The lowest BCUT2D eigenvalue weighted by Crippen LogP contribution is -2.35. The van der Waals surface area contributed by atoms with Gasteiger partial charge in [-0.2, -0.15) is 0 Å². The molecule has 4 rings (SSSR count). The molecule has 0 spiro atoms. The van der Waals surface area contributed by atoms with E-state index in [2.05, 4.69) is 27.1 Å². The Balaban J connectivity index is 1.43. The first-order chi connectivity index (χ1) is 12.7. The predicted octanol–water partition coefficient (Wildman–Crippen LogP) is 2.74. The summed E-state index contributed by atoms with van der Waals surface area (Å²) in [7, 11) is 0. The van der Waals surface area contributed by atoms with Gasteiger partial charge in [-0.25, -0.2) is 9.97 Å². The van der Waals surface area contributed by atoms with Crippen molar-refractivity contribution < 1.29 is 14.3 Å². The molecule has 0 radical (unpaired) electrons.